The van der Waals surface area contributed by atoms with E-state index in [0.29, 0.717) is 0 Å². The van der Waals surface area contributed by atoms with Crippen LogP contribution in [0.1, 0.15) is 17.3 Å². The maximum Gasteiger partial charge on any atom is 0.159 e. The predicted molar refractivity (Wildman–Crippen MR) is 69.4 cm³/mol. The maximum absolute atomic E-state index is 11.1. The van der Waals surface area contributed by atoms with Crippen LogP contribution in [0, 0.1) is 0 Å². The van der Waals surface area contributed by atoms with Crippen molar-refractivity contribution in [2.24, 2.45) is 0 Å². The van der Waals surface area contributed by atoms with Crippen LogP contribution in [0.25, 0.3) is 0 Å². The molecule has 0 unspecified atom stereocenters. The monoisotopic (exact) mass is 246 g/mol. The fourth-order valence-corrected chi connectivity index (χ4v) is 2.32. The summed E-state index contributed by atoms with van der Waals surface area (Å²) in [7, 11) is 0. The van der Waals surface area contributed by atoms with E-state index < -0.39 is 0 Å². The molecule has 2 rings (SSSR count). The first-order valence-corrected chi connectivity index (χ1v) is 6.45. The van der Waals surface area contributed by atoms with Crippen LogP contribution >= 0.6 is 11.8 Å². The van der Waals surface area contributed by atoms with E-state index in [4.69, 9.17) is 0 Å². The first-order valence-electron chi connectivity index (χ1n) is 5.47. The Kier molecular flexibility index (Phi) is 3.98. The highest BCUT2D eigenvalue weighted by molar-refractivity contribution is 7.99. The van der Waals surface area contributed by atoms with Gasteiger partial charge in [-0.1, -0.05) is 12.1 Å². The highest BCUT2D eigenvalue weighted by atomic mass is 32.2. The second kappa shape index (κ2) is 5.68. The first kappa shape index (κ1) is 11.9. The third-order valence-electron chi connectivity index (χ3n) is 2.41. The van der Waals surface area contributed by atoms with Gasteiger partial charge >= 0.3 is 0 Å². The van der Waals surface area contributed by atoms with Crippen LogP contribution in [0.2, 0.25) is 0 Å². The Morgan fingerprint density at radius 3 is 2.71 bits per heavy atom. The van der Waals surface area contributed by atoms with Crippen molar-refractivity contribution in [2.45, 2.75) is 18.4 Å². The minimum atomic E-state index is 0.109. The van der Waals surface area contributed by atoms with Gasteiger partial charge in [-0.25, -0.2) is 0 Å². The lowest BCUT2D eigenvalue weighted by molar-refractivity contribution is 0.101. The summed E-state index contributed by atoms with van der Waals surface area (Å²) in [5, 5.41) is 4.14. The minimum absolute atomic E-state index is 0.109. The number of nitrogens with zero attached hydrogens (tertiary/aromatic N) is 2. The number of ketones is 1. The molecular formula is C13H14N2OS. The smallest absolute Gasteiger partial charge is 0.159 e. The minimum Gasteiger partial charge on any atom is -0.295 e. The lowest BCUT2D eigenvalue weighted by Crippen LogP contribution is -2.00. The maximum atomic E-state index is 11.1. The number of aryl methyl sites for hydroxylation is 1. The number of rotatable bonds is 5. The fraction of sp³-hybridized carbons (Fsp3) is 0.231. The van der Waals surface area contributed by atoms with E-state index in [-0.39, 0.29) is 5.78 Å². The van der Waals surface area contributed by atoms with Crippen LogP contribution in [0.3, 0.4) is 0 Å². The Hall–Kier alpha value is -1.55. The third-order valence-corrected chi connectivity index (χ3v) is 3.40. The molecule has 0 aliphatic heterocycles. The molecule has 0 radical (unpaired) electrons. The molecule has 3 nitrogen and oxygen atoms in total. The average molecular weight is 246 g/mol. The number of thioether (sulfide) groups is 1. The summed E-state index contributed by atoms with van der Waals surface area (Å²) in [6.45, 7) is 2.48. The molecule has 88 valence electrons. The number of carbonyl (C=O) groups excluding carboxylic acids is 1. The molecule has 0 aliphatic rings. The van der Waals surface area contributed by atoms with Gasteiger partial charge in [0, 0.05) is 28.6 Å². The number of Topliss-reactive ketones (excluding diaryl/α,β-unsaturated/α-hetero) is 1. The van der Waals surface area contributed by atoms with E-state index >= 15 is 0 Å². The summed E-state index contributed by atoms with van der Waals surface area (Å²) < 4.78 is 1.91. The van der Waals surface area contributed by atoms with Crippen molar-refractivity contribution < 1.29 is 4.79 Å². The van der Waals surface area contributed by atoms with Crippen molar-refractivity contribution >= 4 is 17.5 Å². The lowest BCUT2D eigenvalue weighted by atomic mass is 10.2. The molecule has 4 heteroatoms. The van der Waals surface area contributed by atoms with Crippen LogP contribution < -0.4 is 0 Å². The highest BCUT2D eigenvalue weighted by Gasteiger charge is 1.99. The first-order chi connectivity index (χ1) is 8.25. The van der Waals surface area contributed by atoms with E-state index in [1.54, 1.807) is 24.9 Å². The van der Waals surface area contributed by atoms with Gasteiger partial charge in [0.2, 0.25) is 0 Å². The summed E-state index contributed by atoms with van der Waals surface area (Å²) in [6.07, 6.45) is 3.74. The van der Waals surface area contributed by atoms with Crippen LogP contribution in [0.15, 0.2) is 47.6 Å². The molecule has 0 saturated carbocycles. The molecule has 2 aromatic rings. The largest absolute Gasteiger partial charge is 0.295 e. The number of benzene rings is 1. The lowest BCUT2D eigenvalue weighted by Gasteiger charge is -2.03. The molecule has 1 aromatic carbocycles. The molecule has 0 amide bonds. The van der Waals surface area contributed by atoms with Gasteiger partial charge in [-0.15, -0.1) is 11.8 Å². The highest BCUT2D eigenvalue weighted by Crippen LogP contribution is 2.18. The standard InChI is InChI=1S/C13H14N2OS/c1-11(16)12-3-5-13(6-4-12)17-10-9-15-8-2-7-14-15/h2-8H,9-10H2,1H3. The molecule has 0 spiro atoms. The van der Waals surface area contributed by atoms with E-state index in [1.165, 1.54) is 4.90 Å². The van der Waals surface area contributed by atoms with Crippen LogP contribution in [0.5, 0.6) is 0 Å². The molecule has 1 heterocycles. The predicted octanol–water partition coefficient (Wildman–Crippen LogP) is 2.88. The third kappa shape index (κ3) is 3.46. The van der Waals surface area contributed by atoms with Crippen molar-refractivity contribution in [3.05, 3.63) is 48.3 Å². The molecule has 17 heavy (non-hydrogen) atoms. The molecule has 0 saturated heterocycles. The average Bonchev–Trinajstić information content (AvgIpc) is 2.83. The zero-order valence-electron chi connectivity index (χ0n) is 9.67. The number of hydrogen-bond acceptors (Lipinski definition) is 3. The van der Waals surface area contributed by atoms with Gasteiger partial charge in [0.25, 0.3) is 0 Å². The van der Waals surface area contributed by atoms with E-state index in [1.807, 2.05) is 41.2 Å². The molecule has 0 atom stereocenters. The normalized spacial score (nSPS) is 10.4. The molecular weight excluding hydrogens is 232 g/mol. The van der Waals surface area contributed by atoms with Gasteiger partial charge in [-0.3, -0.25) is 9.48 Å². The van der Waals surface area contributed by atoms with Gasteiger partial charge < -0.3 is 0 Å². The summed E-state index contributed by atoms with van der Waals surface area (Å²) in [5.41, 5.74) is 0.765. The number of hydrogen-bond donors (Lipinski definition) is 0. The van der Waals surface area contributed by atoms with Crippen molar-refractivity contribution in [3.63, 3.8) is 0 Å². The summed E-state index contributed by atoms with van der Waals surface area (Å²) >= 11 is 1.77. The second-order valence-corrected chi connectivity index (χ2v) is 4.87. The Morgan fingerprint density at radius 1 is 1.35 bits per heavy atom. The van der Waals surface area contributed by atoms with Gasteiger partial charge in [-0.05, 0) is 25.1 Å². The summed E-state index contributed by atoms with van der Waals surface area (Å²) in [4.78, 5) is 12.3. The Balaban J connectivity index is 1.85. The Morgan fingerprint density at radius 2 is 2.12 bits per heavy atom. The van der Waals surface area contributed by atoms with Gasteiger partial charge in [0.1, 0.15) is 0 Å². The Bertz CT molecular complexity index is 477. The van der Waals surface area contributed by atoms with Gasteiger partial charge in [0.15, 0.2) is 5.78 Å². The molecule has 0 aliphatic carbocycles. The van der Waals surface area contributed by atoms with Crippen molar-refractivity contribution in [3.8, 4) is 0 Å². The second-order valence-electron chi connectivity index (χ2n) is 3.70. The van der Waals surface area contributed by atoms with E-state index in [0.717, 1.165) is 17.9 Å². The molecule has 1 aromatic heterocycles. The van der Waals surface area contributed by atoms with Gasteiger partial charge in [-0.2, -0.15) is 5.10 Å². The number of aromatic nitrogens is 2. The quantitative estimate of drug-likeness (QED) is 0.601. The summed E-state index contributed by atoms with van der Waals surface area (Å²) in [6, 6.07) is 9.65. The SMILES string of the molecule is CC(=O)c1ccc(SCCn2cccn2)cc1. The van der Waals surface area contributed by atoms with Crippen LogP contribution in [0.4, 0.5) is 0 Å². The fourth-order valence-electron chi connectivity index (χ4n) is 1.48. The van der Waals surface area contributed by atoms with Crippen LogP contribution in [-0.4, -0.2) is 21.3 Å². The summed E-state index contributed by atoms with van der Waals surface area (Å²) in [5.74, 6) is 1.08. The molecule has 0 N–H and O–H groups in total. The van der Waals surface area contributed by atoms with E-state index in [9.17, 15) is 4.79 Å². The van der Waals surface area contributed by atoms with Crippen molar-refractivity contribution in [2.75, 3.05) is 5.75 Å². The zero-order chi connectivity index (χ0) is 12.1. The van der Waals surface area contributed by atoms with Crippen molar-refractivity contribution in [1.82, 2.24) is 9.78 Å². The Labute approximate surface area is 105 Å². The molecule has 0 bridgehead atoms. The van der Waals surface area contributed by atoms with Crippen molar-refractivity contribution in [1.29, 1.82) is 0 Å². The van der Waals surface area contributed by atoms with E-state index in [2.05, 4.69) is 5.10 Å². The zero-order valence-corrected chi connectivity index (χ0v) is 10.5. The van der Waals surface area contributed by atoms with Gasteiger partial charge in [0.05, 0.1) is 6.54 Å². The number of carbonyl (C=O) groups is 1. The topological polar surface area (TPSA) is 34.9 Å². The molecule has 0 fully saturated rings. The van der Waals surface area contributed by atoms with Crippen LogP contribution in [-0.2, 0) is 6.54 Å².